The van der Waals surface area contributed by atoms with Gasteiger partial charge >= 0.3 is 6.01 Å². The topological polar surface area (TPSA) is 125 Å². The van der Waals surface area contributed by atoms with Gasteiger partial charge in [0.25, 0.3) is 0 Å². The van der Waals surface area contributed by atoms with E-state index < -0.39 is 23.8 Å². The summed E-state index contributed by atoms with van der Waals surface area (Å²) in [4.78, 5) is 31.7. The lowest BCUT2D eigenvalue weighted by atomic mass is 9.95. The Bertz CT molecular complexity index is 1790. The third kappa shape index (κ3) is 6.89. The number of ether oxygens (including phenoxy) is 3. The van der Waals surface area contributed by atoms with Crippen molar-refractivity contribution in [3.8, 4) is 18.4 Å². The van der Waals surface area contributed by atoms with Crippen LogP contribution in [0.3, 0.4) is 0 Å². The molecule has 2 atom stereocenters. The molecule has 1 aromatic carbocycles. The van der Waals surface area contributed by atoms with Crippen LogP contribution in [0.5, 0.6) is 6.01 Å². The smallest absolute Gasteiger partial charge is 0.319 e. The number of halogens is 2. The summed E-state index contributed by atoms with van der Waals surface area (Å²) >= 11 is 0. The number of terminal acetylenes is 1. The van der Waals surface area contributed by atoms with Crippen LogP contribution in [0.15, 0.2) is 31.0 Å². The van der Waals surface area contributed by atoms with Crippen molar-refractivity contribution in [1.82, 2.24) is 25.2 Å². The molecule has 49 heavy (non-hydrogen) atoms. The van der Waals surface area contributed by atoms with E-state index in [0.717, 1.165) is 32.5 Å². The Kier molecular flexibility index (Phi) is 9.34. The number of hydrogen-bond donors (Lipinski definition) is 2. The zero-order chi connectivity index (χ0) is 34.1. The molecular formula is C35H39F2N7O5. The molecule has 1 amide bonds. The van der Waals surface area contributed by atoms with Crippen LogP contribution in [-0.2, 0) is 20.7 Å². The van der Waals surface area contributed by atoms with Crippen LogP contribution in [0.1, 0.15) is 24.0 Å². The van der Waals surface area contributed by atoms with Crippen LogP contribution in [0.4, 0.5) is 26.1 Å². The highest BCUT2D eigenvalue weighted by molar-refractivity contribution is 5.92. The highest BCUT2D eigenvalue weighted by Crippen LogP contribution is 2.47. The second-order valence-corrected chi connectivity index (χ2v) is 13.1. The molecule has 2 saturated heterocycles. The summed E-state index contributed by atoms with van der Waals surface area (Å²) in [6, 6.07) is 2.39. The van der Waals surface area contributed by atoms with Gasteiger partial charge in [-0.05, 0) is 30.5 Å². The number of amides is 1. The van der Waals surface area contributed by atoms with E-state index in [4.69, 9.17) is 25.6 Å². The lowest BCUT2D eigenvalue weighted by Gasteiger charge is -2.34. The Hall–Kier alpha value is -4.42. The number of carbonyl (C=O) groups is 1. The van der Waals surface area contributed by atoms with E-state index in [9.17, 15) is 14.3 Å². The van der Waals surface area contributed by atoms with Crippen LogP contribution < -0.4 is 19.9 Å². The molecule has 3 aliphatic heterocycles. The number of β-amino-alcohol motifs (C(OH)–C–C–N with tert-alkyl or cyclic N) is 1. The van der Waals surface area contributed by atoms with Gasteiger partial charge in [-0.15, -0.1) is 6.42 Å². The largest absolute Gasteiger partial charge is 0.463 e. The number of aliphatic hydroxyl groups is 1. The SMILES string of the molecule is C#Cc1c(F)ccc2c1N(c1ncc3c(N4CCOCC(NC(=O)C=C)C4)nc(OCC4(CN5CCOCC5)CC4)nc3c1F)CC(O)C2. The lowest BCUT2D eigenvalue weighted by molar-refractivity contribution is -0.117. The number of hydrogen-bond acceptors (Lipinski definition) is 11. The molecule has 3 aromatic rings. The Labute approximate surface area is 283 Å². The molecule has 14 heteroatoms. The molecule has 2 N–H and O–H groups in total. The summed E-state index contributed by atoms with van der Waals surface area (Å²) < 4.78 is 49.4. The molecular weight excluding hydrogens is 636 g/mol. The number of nitrogens with zero attached hydrogens (tertiary/aromatic N) is 6. The van der Waals surface area contributed by atoms with Crippen molar-refractivity contribution >= 4 is 34.1 Å². The summed E-state index contributed by atoms with van der Waals surface area (Å²) in [5.74, 6) is 0.833. The fourth-order valence-corrected chi connectivity index (χ4v) is 6.86. The predicted octanol–water partition coefficient (Wildman–Crippen LogP) is 2.34. The molecule has 1 aliphatic carbocycles. The minimum absolute atomic E-state index is 0.00178. The molecule has 4 aliphatic rings. The summed E-state index contributed by atoms with van der Waals surface area (Å²) in [7, 11) is 0. The second kappa shape index (κ2) is 13.8. The van der Waals surface area contributed by atoms with Gasteiger partial charge in [0.15, 0.2) is 11.6 Å². The van der Waals surface area contributed by atoms with Crippen molar-refractivity contribution in [2.24, 2.45) is 5.41 Å². The van der Waals surface area contributed by atoms with E-state index in [1.807, 2.05) is 4.90 Å². The number of fused-ring (bicyclic) bond motifs is 2. The maximum atomic E-state index is 16.9. The van der Waals surface area contributed by atoms with Crippen molar-refractivity contribution in [1.29, 1.82) is 0 Å². The van der Waals surface area contributed by atoms with Crippen LogP contribution in [0.25, 0.3) is 10.9 Å². The molecule has 12 nitrogen and oxygen atoms in total. The molecule has 0 radical (unpaired) electrons. The lowest BCUT2D eigenvalue weighted by Crippen LogP contribution is -2.44. The van der Waals surface area contributed by atoms with Gasteiger partial charge < -0.3 is 34.4 Å². The predicted molar refractivity (Wildman–Crippen MR) is 178 cm³/mol. The second-order valence-electron chi connectivity index (χ2n) is 13.1. The van der Waals surface area contributed by atoms with Gasteiger partial charge in [-0.1, -0.05) is 18.6 Å². The maximum Gasteiger partial charge on any atom is 0.319 e. The van der Waals surface area contributed by atoms with Gasteiger partial charge in [0.05, 0.1) is 68.4 Å². The van der Waals surface area contributed by atoms with E-state index in [-0.39, 0.29) is 59.5 Å². The highest BCUT2D eigenvalue weighted by atomic mass is 19.1. The quantitative estimate of drug-likeness (QED) is 0.257. The fraction of sp³-hybridized carbons (Fsp3) is 0.486. The minimum Gasteiger partial charge on any atom is -0.463 e. The number of anilines is 3. The van der Waals surface area contributed by atoms with Crippen molar-refractivity contribution in [3.05, 3.63) is 53.7 Å². The van der Waals surface area contributed by atoms with Crippen LogP contribution in [-0.4, -0.2) is 115 Å². The first-order valence-corrected chi connectivity index (χ1v) is 16.6. The first kappa shape index (κ1) is 33.1. The van der Waals surface area contributed by atoms with Crippen molar-refractivity contribution in [2.75, 3.05) is 82.1 Å². The molecule has 0 bridgehead atoms. The Morgan fingerprint density at radius 3 is 2.71 bits per heavy atom. The molecule has 2 unspecified atom stereocenters. The maximum absolute atomic E-state index is 16.9. The third-order valence-electron chi connectivity index (χ3n) is 9.58. The van der Waals surface area contributed by atoms with Gasteiger partial charge in [-0.3, -0.25) is 9.69 Å². The number of pyridine rings is 1. The van der Waals surface area contributed by atoms with Crippen LogP contribution >= 0.6 is 0 Å². The van der Waals surface area contributed by atoms with E-state index in [2.05, 4.69) is 32.7 Å². The number of carbonyl (C=O) groups excluding carboxylic acids is 1. The fourth-order valence-electron chi connectivity index (χ4n) is 6.86. The zero-order valence-electron chi connectivity index (χ0n) is 27.2. The van der Waals surface area contributed by atoms with Crippen LogP contribution in [0, 0.1) is 29.4 Å². The molecule has 5 heterocycles. The summed E-state index contributed by atoms with van der Waals surface area (Å²) in [6.07, 6.45) is 9.71. The third-order valence-corrected chi connectivity index (χ3v) is 9.58. The number of benzene rings is 1. The number of morpholine rings is 1. The van der Waals surface area contributed by atoms with E-state index in [0.29, 0.717) is 56.3 Å². The summed E-state index contributed by atoms with van der Waals surface area (Å²) in [5, 5.41) is 13.9. The van der Waals surface area contributed by atoms with Gasteiger partial charge in [-0.25, -0.2) is 13.8 Å². The molecule has 0 spiro atoms. The van der Waals surface area contributed by atoms with Gasteiger partial charge in [0.2, 0.25) is 5.91 Å². The number of nitrogens with one attached hydrogen (secondary N) is 1. The van der Waals surface area contributed by atoms with Crippen molar-refractivity contribution in [3.63, 3.8) is 0 Å². The van der Waals surface area contributed by atoms with E-state index >= 15 is 4.39 Å². The van der Waals surface area contributed by atoms with Crippen molar-refractivity contribution < 1.29 is 32.9 Å². The Morgan fingerprint density at radius 2 is 1.96 bits per heavy atom. The molecule has 258 valence electrons. The zero-order valence-corrected chi connectivity index (χ0v) is 27.2. The Morgan fingerprint density at radius 1 is 1.16 bits per heavy atom. The first-order valence-electron chi connectivity index (χ1n) is 16.6. The van der Waals surface area contributed by atoms with Gasteiger partial charge in [0.1, 0.15) is 17.2 Å². The first-order chi connectivity index (χ1) is 23.8. The highest BCUT2D eigenvalue weighted by Gasteiger charge is 2.45. The normalized spacial score (nSPS) is 22.2. The van der Waals surface area contributed by atoms with Crippen LogP contribution in [0.2, 0.25) is 0 Å². The Balaban J connectivity index is 1.28. The monoisotopic (exact) mass is 675 g/mol. The summed E-state index contributed by atoms with van der Waals surface area (Å²) in [5.41, 5.74) is 0.713. The molecule has 3 fully saturated rings. The molecule has 2 aromatic heterocycles. The number of rotatable bonds is 9. The van der Waals surface area contributed by atoms with Gasteiger partial charge in [-0.2, -0.15) is 9.97 Å². The number of aromatic nitrogens is 3. The summed E-state index contributed by atoms with van der Waals surface area (Å²) in [6.45, 7) is 9.13. The molecule has 1 saturated carbocycles. The van der Waals surface area contributed by atoms with Gasteiger partial charge in [0, 0.05) is 50.8 Å². The van der Waals surface area contributed by atoms with Crippen molar-refractivity contribution in [2.45, 2.75) is 31.4 Å². The minimum atomic E-state index is -0.874. The average molecular weight is 676 g/mol. The average Bonchev–Trinajstić information content (AvgIpc) is 3.91. The van der Waals surface area contributed by atoms with E-state index in [1.165, 1.54) is 23.2 Å². The molecule has 7 rings (SSSR count). The standard InChI is InChI=1S/C35H39F2N7O5/c1-3-25-27(36)6-5-22-15-24(45)18-44(31(22)25)33-29(37)30-26(16-38-33)32(43-11-14-48-19-23(17-43)39-28(46)4-2)41-34(40-30)49-21-35(7-8-35)20-42-9-12-47-13-10-42/h1,4-6,16,23-24,45H,2,7-15,17-21H2,(H,39,46). The number of aliphatic hydroxyl groups excluding tert-OH is 1. The van der Waals surface area contributed by atoms with E-state index in [1.54, 1.807) is 6.07 Å².